The molecule has 2 aromatic rings. The highest BCUT2D eigenvalue weighted by molar-refractivity contribution is 6.10. The zero-order valence-electron chi connectivity index (χ0n) is 10.7. The summed E-state index contributed by atoms with van der Waals surface area (Å²) in [4.78, 5) is 20.3. The van der Waals surface area contributed by atoms with Crippen molar-refractivity contribution in [2.45, 2.75) is 13.3 Å². The highest BCUT2D eigenvalue weighted by Gasteiger charge is 2.14. The maximum atomic E-state index is 12.3. The minimum Gasteiger partial charge on any atom is -0.492 e. The van der Waals surface area contributed by atoms with Gasteiger partial charge in [0.1, 0.15) is 11.4 Å². The van der Waals surface area contributed by atoms with E-state index in [9.17, 15) is 4.79 Å². The first-order valence-corrected chi connectivity index (χ1v) is 6.05. The molecule has 98 valence electrons. The van der Waals surface area contributed by atoms with Gasteiger partial charge in [0.25, 0.3) is 0 Å². The smallest absolute Gasteiger partial charge is 0.215 e. The molecule has 0 amide bonds. The van der Waals surface area contributed by atoms with E-state index in [2.05, 4.69) is 9.97 Å². The summed E-state index contributed by atoms with van der Waals surface area (Å²) in [7, 11) is 0. The average Bonchev–Trinajstić information content (AvgIpc) is 2.45. The fourth-order valence-corrected chi connectivity index (χ4v) is 1.59. The molecular weight excluding hydrogens is 242 g/mol. The van der Waals surface area contributed by atoms with Crippen LogP contribution in [0.2, 0.25) is 0 Å². The van der Waals surface area contributed by atoms with Crippen LogP contribution in [0.5, 0.6) is 5.75 Å². The van der Waals surface area contributed by atoms with E-state index < -0.39 is 0 Å². The van der Waals surface area contributed by atoms with Crippen molar-refractivity contribution in [2.24, 2.45) is 0 Å². The van der Waals surface area contributed by atoms with Gasteiger partial charge < -0.3 is 10.5 Å². The lowest BCUT2D eigenvalue weighted by Gasteiger charge is -2.06. The van der Waals surface area contributed by atoms with Crippen LogP contribution >= 0.6 is 0 Å². The van der Waals surface area contributed by atoms with E-state index in [0.29, 0.717) is 23.6 Å². The zero-order chi connectivity index (χ0) is 13.7. The van der Waals surface area contributed by atoms with E-state index in [-0.39, 0.29) is 11.5 Å². The van der Waals surface area contributed by atoms with Crippen molar-refractivity contribution < 1.29 is 9.53 Å². The van der Waals surface area contributed by atoms with Gasteiger partial charge >= 0.3 is 0 Å². The molecule has 19 heavy (non-hydrogen) atoms. The molecule has 2 heterocycles. The number of aromatic nitrogens is 2. The summed E-state index contributed by atoms with van der Waals surface area (Å²) in [6.07, 6.45) is 5.49. The van der Waals surface area contributed by atoms with Gasteiger partial charge in [0.05, 0.1) is 18.5 Å². The van der Waals surface area contributed by atoms with Crippen molar-refractivity contribution in [2.75, 3.05) is 12.3 Å². The predicted molar refractivity (Wildman–Crippen MR) is 72.1 cm³/mol. The fraction of sp³-hybridized carbons (Fsp3) is 0.214. The topological polar surface area (TPSA) is 78.1 Å². The molecule has 0 aromatic carbocycles. The van der Waals surface area contributed by atoms with Crippen LogP contribution in [-0.2, 0) is 0 Å². The van der Waals surface area contributed by atoms with Gasteiger partial charge in [-0.1, -0.05) is 6.92 Å². The molecule has 0 aliphatic rings. The van der Waals surface area contributed by atoms with Gasteiger partial charge in [-0.25, -0.2) is 0 Å². The summed E-state index contributed by atoms with van der Waals surface area (Å²) in [6.45, 7) is 2.60. The van der Waals surface area contributed by atoms with Crippen LogP contribution in [0, 0.1) is 0 Å². The van der Waals surface area contributed by atoms with Gasteiger partial charge in [0, 0.05) is 18.0 Å². The number of nitrogens with zero attached hydrogens (tertiary/aromatic N) is 2. The monoisotopic (exact) mass is 257 g/mol. The first-order valence-electron chi connectivity index (χ1n) is 6.05. The fourth-order valence-electron chi connectivity index (χ4n) is 1.59. The van der Waals surface area contributed by atoms with Gasteiger partial charge in [0.2, 0.25) is 5.78 Å². The SMILES string of the molecule is CCCOc1cncc(C(=O)c2ncccc2N)c1. The molecule has 0 atom stereocenters. The molecule has 5 heteroatoms. The summed E-state index contributed by atoms with van der Waals surface area (Å²) in [5, 5.41) is 0. The van der Waals surface area contributed by atoms with Crippen molar-refractivity contribution in [1.29, 1.82) is 0 Å². The number of hydrogen-bond donors (Lipinski definition) is 1. The van der Waals surface area contributed by atoms with Gasteiger partial charge in [-0.2, -0.15) is 0 Å². The molecule has 0 aliphatic heterocycles. The van der Waals surface area contributed by atoms with E-state index in [1.807, 2.05) is 6.92 Å². The molecule has 0 fully saturated rings. The third-order valence-corrected chi connectivity index (χ3v) is 2.50. The molecular formula is C14H15N3O2. The molecule has 2 aromatic heterocycles. The molecule has 0 bridgehead atoms. The van der Waals surface area contributed by atoms with Crippen LogP contribution in [0.4, 0.5) is 5.69 Å². The minimum atomic E-state index is -0.257. The standard InChI is InChI=1S/C14H15N3O2/c1-2-6-19-11-7-10(8-16-9-11)14(18)13-12(15)4-3-5-17-13/h3-5,7-9H,2,6,15H2,1H3. The van der Waals surface area contributed by atoms with Crippen molar-refractivity contribution in [1.82, 2.24) is 9.97 Å². The molecule has 0 spiro atoms. The Kier molecular flexibility index (Phi) is 4.07. The predicted octanol–water partition coefficient (Wildman–Crippen LogP) is 2.08. The van der Waals surface area contributed by atoms with E-state index >= 15 is 0 Å². The Labute approximate surface area is 111 Å². The lowest BCUT2D eigenvalue weighted by atomic mass is 10.1. The summed E-state index contributed by atoms with van der Waals surface area (Å²) >= 11 is 0. The number of pyridine rings is 2. The number of rotatable bonds is 5. The van der Waals surface area contributed by atoms with Gasteiger partial charge in [-0.3, -0.25) is 14.8 Å². The summed E-state index contributed by atoms with van der Waals surface area (Å²) in [6, 6.07) is 4.98. The van der Waals surface area contributed by atoms with Crippen LogP contribution in [0.15, 0.2) is 36.8 Å². The number of ether oxygens (including phenoxy) is 1. The van der Waals surface area contributed by atoms with Gasteiger partial charge in [-0.05, 0) is 24.6 Å². The molecule has 2 rings (SSSR count). The Morgan fingerprint density at radius 2 is 2.26 bits per heavy atom. The van der Waals surface area contributed by atoms with Crippen molar-refractivity contribution in [3.63, 3.8) is 0 Å². The minimum absolute atomic E-state index is 0.233. The quantitative estimate of drug-likeness (QED) is 0.830. The lowest BCUT2D eigenvalue weighted by molar-refractivity contribution is 0.103. The van der Waals surface area contributed by atoms with Crippen LogP contribution in [0.3, 0.4) is 0 Å². The van der Waals surface area contributed by atoms with Crippen molar-refractivity contribution >= 4 is 11.5 Å². The number of anilines is 1. The second-order valence-corrected chi connectivity index (χ2v) is 4.03. The largest absolute Gasteiger partial charge is 0.492 e. The normalized spacial score (nSPS) is 10.2. The molecule has 2 N–H and O–H groups in total. The van der Waals surface area contributed by atoms with Gasteiger partial charge in [-0.15, -0.1) is 0 Å². The highest BCUT2D eigenvalue weighted by Crippen LogP contribution is 2.17. The number of carbonyl (C=O) groups excluding carboxylic acids is 1. The maximum Gasteiger partial charge on any atom is 0.215 e. The summed E-state index contributed by atoms with van der Waals surface area (Å²) in [5.41, 5.74) is 6.75. The maximum absolute atomic E-state index is 12.3. The van der Waals surface area contributed by atoms with Crippen LogP contribution in [0.25, 0.3) is 0 Å². The molecule has 0 saturated heterocycles. The first kappa shape index (κ1) is 13.0. The number of ketones is 1. The molecule has 5 nitrogen and oxygen atoms in total. The van der Waals surface area contributed by atoms with Crippen molar-refractivity contribution in [3.05, 3.63) is 48.0 Å². The molecule has 0 saturated carbocycles. The zero-order valence-corrected chi connectivity index (χ0v) is 10.7. The number of carbonyl (C=O) groups is 1. The Bertz CT molecular complexity index is 584. The van der Waals surface area contributed by atoms with E-state index in [4.69, 9.17) is 10.5 Å². The Morgan fingerprint density at radius 3 is 3.00 bits per heavy atom. The first-order chi connectivity index (χ1) is 9.22. The van der Waals surface area contributed by atoms with Crippen molar-refractivity contribution in [3.8, 4) is 5.75 Å². The second-order valence-electron chi connectivity index (χ2n) is 4.03. The number of nitrogens with two attached hydrogens (primary N) is 1. The van der Waals surface area contributed by atoms with Crippen LogP contribution in [0.1, 0.15) is 29.4 Å². The number of hydrogen-bond acceptors (Lipinski definition) is 5. The third-order valence-electron chi connectivity index (χ3n) is 2.50. The Balaban J connectivity index is 2.27. The average molecular weight is 257 g/mol. The molecule has 0 aliphatic carbocycles. The van der Waals surface area contributed by atoms with E-state index in [1.54, 1.807) is 24.4 Å². The summed E-state index contributed by atoms with van der Waals surface area (Å²) in [5.74, 6) is 0.315. The van der Waals surface area contributed by atoms with E-state index in [0.717, 1.165) is 6.42 Å². The highest BCUT2D eigenvalue weighted by atomic mass is 16.5. The van der Waals surface area contributed by atoms with Crippen LogP contribution < -0.4 is 10.5 Å². The molecule has 0 radical (unpaired) electrons. The second kappa shape index (κ2) is 5.95. The van der Waals surface area contributed by atoms with Crippen LogP contribution in [-0.4, -0.2) is 22.4 Å². The molecule has 0 unspecified atom stereocenters. The van der Waals surface area contributed by atoms with E-state index in [1.165, 1.54) is 12.4 Å². The number of nitrogen functional groups attached to an aromatic ring is 1. The lowest BCUT2D eigenvalue weighted by Crippen LogP contribution is -2.08. The summed E-state index contributed by atoms with van der Waals surface area (Å²) < 4.78 is 5.45. The Hall–Kier alpha value is -2.43. The Morgan fingerprint density at radius 1 is 1.42 bits per heavy atom. The van der Waals surface area contributed by atoms with Gasteiger partial charge in [0.15, 0.2) is 0 Å². The third kappa shape index (κ3) is 3.07.